The first-order valence-electron chi connectivity index (χ1n) is 9.66. The Morgan fingerprint density at radius 1 is 0.677 bits per heavy atom. The highest BCUT2D eigenvalue weighted by atomic mass is 31.1. The largest absolute Gasteiger partial charge is 0.289 e. The molecule has 1 heterocycles. The highest BCUT2D eigenvalue weighted by molar-refractivity contribution is 7.79. The Bertz CT molecular complexity index is 1330. The van der Waals surface area contributed by atoms with E-state index >= 15 is 0 Å². The standard InChI is InChI=1S/C25H16F3N2P/c26-17-15-20(27)24(28)23(16-17)30-22-14-8-7-13-21(22)29-25(30)31(18-9-3-1-4-10-18)19-11-5-2-6-12-19/h1-16H. The molecule has 4 aromatic carbocycles. The van der Waals surface area contributed by atoms with Gasteiger partial charge in [-0.05, 0) is 22.7 Å². The van der Waals surface area contributed by atoms with Gasteiger partial charge in [0, 0.05) is 20.1 Å². The van der Waals surface area contributed by atoms with E-state index in [1.807, 2.05) is 72.8 Å². The second-order valence-corrected chi connectivity index (χ2v) is 9.07. The van der Waals surface area contributed by atoms with Crippen LogP contribution >= 0.6 is 7.92 Å². The van der Waals surface area contributed by atoms with E-state index in [2.05, 4.69) is 0 Å². The Morgan fingerprint density at radius 2 is 1.26 bits per heavy atom. The Kier molecular flexibility index (Phi) is 5.05. The van der Waals surface area contributed by atoms with Crippen LogP contribution in [-0.2, 0) is 0 Å². The fraction of sp³-hybridized carbons (Fsp3) is 0. The van der Waals surface area contributed by atoms with Gasteiger partial charge in [0.05, 0.1) is 16.7 Å². The minimum atomic E-state index is -1.23. The predicted molar refractivity (Wildman–Crippen MR) is 120 cm³/mol. The molecule has 0 radical (unpaired) electrons. The lowest BCUT2D eigenvalue weighted by Gasteiger charge is -2.20. The van der Waals surface area contributed by atoms with Crippen LogP contribution in [0.1, 0.15) is 0 Å². The van der Waals surface area contributed by atoms with E-state index in [9.17, 15) is 13.2 Å². The second-order valence-electron chi connectivity index (χ2n) is 6.96. The normalized spacial score (nSPS) is 11.4. The van der Waals surface area contributed by atoms with E-state index in [4.69, 9.17) is 4.98 Å². The van der Waals surface area contributed by atoms with Gasteiger partial charge in [-0.2, -0.15) is 0 Å². The van der Waals surface area contributed by atoms with Crippen LogP contribution in [0.3, 0.4) is 0 Å². The second kappa shape index (κ2) is 8.01. The molecule has 0 saturated carbocycles. The zero-order valence-corrected chi connectivity index (χ0v) is 17.1. The molecule has 0 aliphatic carbocycles. The topological polar surface area (TPSA) is 17.8 Å². The Labute approximate surface area is 178 Å². The summed E-state index contributed by atoms with van der Waals surface area (Å²) in [4.78, 5) is 4.82. The number of rotatable bonds is 4. The molecule has 0 N–H and O–H groups in total. The van der Waals surface area contributed by atoms with Crippen molar-refractivity contribution in [1.82, 2.24) is 9.55 Å². The van der Waals surface area contributed by atoms with Crippen molar-refractivity contribution in [2.24, 2.45) is 0 Å². The van der Waals surface area contributed by atoms with Crippen molar-refractivity contribution in [3.8, 4) is 5.69 Å². The van der Waals surface area contributed by atoms with E-state index < -0.39 is 25.4 Å². The van der Waals surface area contributed by atoms with Crippen molar-refractivity contribution in [2.45, 2.75) is 0 Å². The van der Waals surface area contributed by atoms with Gasteiger partial charge in [-0.3, -0.25) is 4.57 Å². The summed E-state index contributed by atoms with van der Waals surface area (Å²) in [6.45, 7) is 0. The molecule has 0 fully saturated rings. The summed E-state index contributed by atoms with van der Waals surface area (Å²) >= 11 is 0. The number of hydrogen-bond donors (Lipinski definition) is 0. The number of benzene rings is 4. The summed E-state index contributed by atoms with van der Waals surface area (Å²) in [5, 5.41) is 2.00. The lowest BCUT2D eigenvalue weighted by Crippen LogP contribution is -2.28. The maximum absolute atomic E-state index is 14.9. The fourth-order valence-corrected chi connectivity index (χ4v) is 5.96. The van der Waals surface area contributed by atoms with Gasteiger partial charge in [-0.15, -0.1) is 0 Å². The molecule has 1 aromatic heterocycles. The van der Waals surface area contributed by atoms with Crippen LogP contribution < -0.4 is 16.2 Å². The van der Waals surface area contributed by atoms with Crippen LogP contribution in [0.4, 0.5) is 13.2 Å². The summed E-state index contributed by atoms with van der Waals surface area (Å²) in [7, 11) is -1.23. The molecule has 5 aromatic rings. The lowest BCUT2D eigenvalue weighted by molar-refractivity contribution is 0.491. The molecule has 0 unspecified atom stereocenters. The first kappa shape index (κ1) is 19.5. The summed E-state index contributed by atoms with van der Waals surface area (Å²) in [6.07, 6.45) is 0. The van der Waals surface area contributed by atoms with E-state index in [1.54, 1.807) is 16.7 Å². The van der Waals surface area contributed by atoms with Gasteiger partial charge in [0.2, 0.25) is 0 Å². The predicted octanol–water partition coefficient (Wildman–Crippen LogP) is 5.20. The Balaban J connectivity index is 1.87. The number of halogens is 3. The average molecular weight is 432 g/mol. The number of fused-ring (bicyclic) bond motifs is 1. The van der Waals surface area contributed by atoms with Crippen LogP contribution in [0.15, 0.2) is 97.1 Å². The quantitative estimate of drug-likeness (QED) is 0.282. The van der Waals surface area contributed by atoms with Crippen LogP contribution in [0, 0.1) is 17.5 Å². The summed E-state index contributed by atoms with van der Waals surface area (Å²) in [6, 6.07) is 28.3. The molecule has 6 heteroatoms. The van der Waals surface area contributed by atoms with Gasteiger partial charge >= 0.3 is 0 Å². The highest BCUT2D eigenvalue weighted by Crippen LogP contribution is 2.35. The third kappa shape index (κ3) is 3.51. The van der Waals surface area contributed by atoms with E-state index in [0.29, 0.717) is 22.7 Å². The van der Waals surface area contributed by atoms with E-state index in [0.717, 1.165) is 16.7 Å². The van der Waals surface area contributed by atoms with Gasteiger partial charge in [0.25, 0.3) is 0 Å². The van der Waals surface area contributed by atoms with E-state index in [-0.39, 0.29) is 5.69 Å². The Hall–Kier alpha value is -3.43. The summed E-state index contributed by atoms with van der Waals surface area (Å²) in [5.74, 6) is -3.19. The third-order valence-electron chi connectivity index (χ3n) is 4.99. The molecule has 31 heavy (non-hydrogen) atoms. The van der Waals surface area contributed by atoms with Crippen molar-refractivity contribution in [3.05, 3.63) is 115 Å². The van der Waals surface area contributed by atoms with Crippen LogP contribution in [0.25, 0.3) is 16.7 Å². The maximum Gasteiger partial charge on any atom is 0.183 e. The molecule has 0 spiro atoms. The number of nitrogens with zero attached hydrogens (tertiary/aromatic N) is 2. The van der Waals surface area contributed by atoms with Crippen molar-refractivity contribution < 1.29 is 13.2 Å². The lowest BCUT2D eigenvalue weighted by atomic mass is 10.2. The molecule has 2 nitrogen and oxygen atoms in total. The zero-order chi connectivity index (χ0) is 21.4. The highest BCUT2D eigenvalue weighted by Gasteiger charge is 2.26. The van der Waals surface area contributed by atoms with Crippen molar-refractivity contribution in [3.63, 3.8) is 0 Å². The Morgan fingerprint density at radius 3 is 1.90 bits per heavy atom. The number of hydrogen-bond acceptors (Lipinski definition) is 1. The van der Waals surface area contributed by atoms with Gasteiger partial charge in [0.15, 0.2) is 11.6 Å². The molecule has 0 atom stereocenters. The minimum Gasteiger partial charge on any atom is -0.289 e. The SMILES string of the molecule is Fc1cc(F)c(F)c(-n2c(P(c3ccccc3)c3ccccc3)nc3ccccc32)c1. The van der Waals surface area contributed by atoms with Crippen molar-refractivity contribution >= 4 is 35.1 Å². The molecule has 0 amide bonds. The van der Waals surface area contributed by atoms with E-state index in [1.165, 1.54) is 0 Å². The number of imidazole rings is 1. The van der Waals surface area contributed by atoms with Gasteiger partial charge in [-0.25, -0.2) is 18.2 Å². The minimum absolute atomic E-state index is 0.194. The van der Waals surface area contributed by atoms with Crippen molar-refractivity contribution in [1.29, 1.82) is 0 Å². The number of para-hydroxylation sites is 2. The smallest absolute Gasteiger partial charge is 0.183 e. The summed E-state index contributed by atoms with van der Waals surface area (Å²) < 4.78 is 44.8. The fourth-order valence-electron chi connectivity index (χ4n) is 3.64. The van der Waals surface area contributed by atoms with Crippen LogP contribution in [0.5, 0.6) is 0 Å². The monoisotopic (exact) mass is 432 g/mol. The first-order chi connectivity index (χ1) is 15.1. The third-order valence-corrected chi connectivity index (χ3v) is 7.32. The molecule has 0 aliphatic heterocycles. The summed E-state index contributed by atoms with van der Waals surface area (Å²) in [5.41, 5.74) is 1.56. The molecular formula is C25H16F3N2P. The molecular weight excluding hydrogens is 416 g/mol. The molecule has 5 rings (SSSR count). The van der Waals surface area contributed by atoms with Crippen LogP contribution in [0.2, 0.25) is 0 Å². The average Bonchev–Trinajstić information content (AvgIpc) is 3.17. The van der Waals surface area contributed by atoms with Crippen molar-refractivity contribution in [2.75, 3.05) is 0 Å². The first-order valence-corrected chi connectivity index (χ1v) is 11.0. The van der Waals surface area contributed by atoms with Crippen LogP contribution in [-0.4, -0.2) is 9.55 Å². The molecule has 0 bridgehead atoms. The molecule has 152 valence electrons. The number of aromatic nitrogens is 2. The molecule has 0 aliphatic rings. The maximum atomic E-state index is 14.9. The van der Waals surface area contributed by atoms with Gasteiger partial charge in [0.1, 0.15) is 11.4 Å². The van der Waals surface area contributed by atoms with Gasteiger partial charge in [-0.1, -0.05) is 72.8 Å². The van der Waals surface area contributed by atoms with Gasteiger partial charge < -0.3 is 0 Å². The zero-order valence-electron chi connectivity index (χ0n) is 16.2. The molecule has 0 saturated heterocycles.